The lowest BCUT2D eigenvalue weighted by Crippen LogP contribution is -2.21. The number of aromatic carboxylic acids is 1. The first-order valence-corrected chi connectivity index (χ1v) is 6.58. The number of nitrogens with one attached hydrogen (secondary N) is 1. The number of carbonyl (C=O) groups is 1. The summed E-state index contributed by atoms with van der Waals surface area (Å²) in [5.74, 6) is 1.37. The summed E-state index contributed by atoms with van der Waals surface area (Å²) in [7, 11) is 0. The lowest BCUT2D eigenvalue weighted by atomic mass is 9.82. The highest BCUT2D eigenvalue weighted by molar-refractivity contribution is 5.87. The smallest absolute Gasteiger partial charge is 0.337 e. The van der Waals surface area contributed by atoms with E-state index in [-0.39, 0.29) is 5.56 Å². The third-order valence-corrected chi connectivity index (χ3v) is 3.63. The molecular formula is C14H20N2O2. The average molecular weight is 248 g/mol. The van der Waals surface area contributed by atoms with Crippen LogP contribution < -0.4 is 5.32 Å². The van der Waals surface area contributed by atoms with Crippen molar-refractivity contribution in [2.75, 3.05) is 11.9 Å². The summed E-state index contributed by atoms with van der Waals surface area (Å²) in [4.78, 5) is 14.8. The fraction of sp³-hybridized carbons (Fsp3) is 0.571. The van der Waals surface area contributed by atoms with Crippen molar-refractivity contribution in [1.82, 2.24) is 4.98 Å². The molecule has 0 aliphatic heterocycles. The van der Waals surface area contributed by atoms with Gasteiger partial charge in [0.05, 0.1) is 5.56 Å². The van der Waals surface area contributed by atoms with Crippen LogP contribution in [0.15, 0.2) is 18.3 Å². The second-order valence-corrected chi connectivity index (χ2v) is 5.26. The van der Waals surface area contributed by atoms with Crippen molar-refractivity contribution >= 4 is 11.8 Å². The number of pyridine rings is 1. The Kier molecular flexibility index (Phi) is 4.18. The molecule has 1 aliphatic carbocycles. The van der Waals surface area contributed by atoms with E-state index in [0.717, 1.165) is 24.2 Å². The van der Waals surface area contributed by atoms with Crippen LogP contribution in [0.4, 0.5) is 5.82 Å². The third kappa shape index (κ3) is 3.45. The molecule has 1 aromatic rings. The number of hydrogen-bond acceptors (Lipinski definition) is 3. The van der Waals surface area contributed by atoms with E-state index in [4.69, 9.17) is 5.11 Å². The minimum atomic E-state index is -0.935. The zero-order valence-corrected chi connectivity index (χ0v) is 10.7. The molecule has 0 bridgehead atoms. The Morgan fingerprint density at radius 3 is 2.94 bits per heavy atom. The lowest BCUT2D eigenvalue weighted by Gasteiger charge is -2.26. The van der Waals surface area contributed by atoms with Crippen LogP contribution in [-0.2, 0) is 0 Å². The molecule has 1 aliphatic rings. The zero-order chi connectivity index (χ0) is 13.0. The summed E-state index contributed by atoms with van der Waals surface area (Å²) in [5, 5.41) is 12.1. The second kappa shape index (κ2) is 5.85. The molecule has 1 saturated carbocycles. The maximum absolute atomic E-state index is 10.7. The highest BCUT2D eigenvalue weighted by atomic mass is 16.4. The number of aromatic nitrogens is 1. The highest BCUT2D eigenvalue weighted by Gasteiger charge is 2.18. The molecular weight excluding hydrogens is 228 g/mol. The number of anilines is 1. The van der Waals surface area contributed by atoms with Crippen molar-refractivity contribution in [3.8, 4) is 0 Å². The van der Waals surface area contributed by atoms with Crippen molar-refractivity contribution in [3.63, 3.8) is 0 Å². The molecule has 0 spiro atoms. The number of rotatable bonds is 4. The predicted octanol–water partition coefficient (Wildman–Crippen LogP) is 3.02. The molecule has 0 amide bonds. The van der Waals surface area contributed by atoms with E-state index < -0.39 is 5.97 Å². The fourth-order valence-electron chi connectivity index (χ4n) is 2.62. The Morgan fingerprint density at radius 2 is 2.33 bits per heavy atom. The normalized spacial score (nSPS) is 23.6. The summed E-state index contributed by atoms with van der Waals surface area (Å²) in [6, 6.07) is 3.32. The van der Waals surface area contributed by atoms with Gasteiger partial charge >= 0.3 is 5.97 Å². The monoisotopic (exact) mass is 248 g/mol. The van der Waals surface area contributed by atoms with Gasteiger partial charge in [0.1, 0.15) is 5.82 Å². The van der Waals surface area contributed by atoms with Crippen molar-refractivity contribution in [3.05, 3.63) is 23.9 Å². The average Bonchev–Trinajstić information content (AvgIpc) is 2.37. The molecule has 0 aromatic carbocycles. The first-order valence-electron chi connectivity index (χ1n) is 6.58. The Morgan fingerprint density at radius 1 is 1.50 bits per heavy atom. The van der Waals surface area contributed by atoms with Crippen LogP contribution in [0.3, 0.4) is 0 Å². The van der Waals surface area contributed by atoms with Gasteiger partial charge < -0.3 is 10.4 Å². The van der Waals surface area contributed by atoms with Gasteiger partial charge in [-0.3, -0.25) is 0 Å². The van der Waals surface area contributed by atoms with Crippen molar-refractivity contribution < 1.29 is 9.90 Å². The first kappa shape index (κ1) is 12.9. The molecule has 18 heavy (non-hydrogen) atoms. The molecule has 2 atom stereocenters. The van der Waals surface area contributed by atoms with Crippen LogP contribution in [0, 0.1) is 11.8 Å². The molecule has 0 saturated heterocycles. The van der Waals surface area contributed by atoms with Crippen molar-refractivity contribution in [2.45, 2.75) is 32.6 Å². The van der Waals surface area contributed by atoms with Gasteiger partial charge in [0.2, 0.25) is 0 Å². The Balaban J connectivity index is 1.84. The quantitative estimate of drug-likeness (QED) is 0.859. The zero-order valence-electron chi connectivity index (χ0n) is 10.7. The van der Waals surface area contributed by atoms with E-state index in [0.29, 0.717) is 0 Å². The standard InChI is InChI=1S/C14H20N2O2/c1-10-3-2-4-11(7-10)8-15-13-6-5-12(9-16-13)14(17)18/h5-6,9-11H,2-4,7-8H2,1H3,(H,15,16)(H,17,18). The van der Waals surface area contributed by atoms with E-state index in [9.17, 15) is 4.79 Å². The predicted molar refractivity (Wildman–Crippen MR) is 70.8 cm³/mol. The van der Waals surface area contributed by atoms with Crippen LogP contribution in [0.1, 0.15) is 43.0 Å². The molecule has 2 rings (SSSR count). The van der Waals surface area contributed by atoms with Gasteiger partial charge in [-0.2, -0.15) is 0 Å². The summed E-state index contributed by atoms with van der Waals surface area (Å²) in [6.45, 7) is 3.25. The Labute approximate surface area is 107 Å². The van der Waals surface area contributed by atoms with Crippen LogP contribution in [0.25, 0.3) is 0 Å². The lowest BCUT2D eigenvalue weighted by molar-refractivity contribution is 0.0696. The van der Waals surface area contributed by atoms with E-state index >= 15 is 0 Å². The molecule has 0 radical (unpaired) electrons. The van der Waals surface area contributed by atoms with E-state index in [1.54, 1.807) is 12.1 Å². The Bertz CT molecular complexity index is 403. The first-order chi connectivity index (χ1) is 8.65. The third-order valence-electron chi connectivity index (χ3n) is 3.63. The SMILES string of the molecule is CC1CCCC(CNc2ccc(C(=O)O)cn2)C1. The largest absolute Gasteiger partial charge is 0.478 e. The van der Waals surface area contributed by atoms with Gasteiger partial charge in [-0.15, -0.1) is 0 Å². The maximum atomic E-state index is 10.7. The number of carboxylic acid groups (broad SMARTS) is 1. The number of carboxylic acids is 1. The van der Waals surface area contributed by atoms with Crippen molar-refractivity contribution in [2.24, 2.45) is 11.8 Å². The summed E-state index contributed by atoms with van der Waals surface area (Å²) in [6.07, 6.45) is 6.62. The van der Waals surface area contributed by atoms with E-state index in [2.05, 4.69) is 17.2 Å². The summed E-state index contributed by atoms with van der Waals surface area (Å²) < 4.78 is 0. The van der Waals surface area contributed by atoms with Crippen LogP contribution >= 0.6 is 0 Å². The molecule has 1 fully saturated rings. The van der Waals surface area contributed by atoms with Gasteiger partial charge in [-0.1, -0.05) is 19.8 Å². The summed E-state index contributed by atoms with van der Waals surface area (Å²) >= 11 is 0. The molecule has 1 heterocycles. The molecule has 2 unspecified atom stereocenters. The maximum Gasteiger partial charge on any atom is 0.337 e. The summed E-state index contributed by atoms with van der Waals surface area (Å²) in [5.41, 5.74) is 0.229. The van der Waals surface area contributed by atoms with Crippen LogP contribution in [0.2, 0.25) is 0 Å². The molecule has 2 N–H and O–H groups in total. The van der Waals surface area contributed by atoms with Gasteiger partial charge in [-0.05, 0) is 36.8 Å². The minimum absolute atomic E-state index is 0.229. The van der Waals surface area contributed by atoms with E-state index in [1.165, 1.54) is 31.9 Å². The highest BCUT2D eigenvalue weighted by Crippen LogP contribution is 2.28. The van der Waals surface area contributed by atoms with Gasteiger partial charge in [-0.25, -0.2) is 9.78 Å². The number of nitrogens with zero attached hydrogens (tertiary/aromatic N) is 1. The fourth-order valence-corrected chi connectivity index (χ4v) is 2.62. The van der Waals surface area contributed by atoms with Crippen molar-refractivity contribution in [1.29, 1.82) is 0 Å². The van der Waals surface area contributed by atoms with Gasteiger partial charge in [0.15, 0.2) is 0 Å². The topological polar surface area (TPSA) is 62.2 Å². The van der Waals surface area contributed by atoms with Crippen LogP contribution in [-0.4, -0.2) is 22.6 Å². The molecule has 4 heteroatoms. The number of hydrogen-bond donors (Lipinski definition) is 2. The second-order valence-electron chi connectivity index (χ2n) is 5.26. The minimum Gasteiger partial charge on any atom is -0.478 e. The van der Waals surface area contributed by atoms with Gasteiger partial charge in [0, 0.05) is 12.7 Å². The van der Waals surface area contributed by atoms with Crippen LogP contribution in [0.5, 0.6) is 0 Å². The molecule has 1 aromatic heterocycles. The Hall–Kier alpha value is -1.58. The molecule has 4 nitrogen and oxygen atoms in total. The van der Waals surface area contributed by atoms with E-state index in [1.807, 2.05) is 0 Å². The van der Waals surface area contributed by atoms with Gasteiger partial charge in [0.25, 0.3) is 0 Å². The molecule has 98 valence electrons.